The van der Waals surface area contributed by atoms with Gasteiger partial charge in [-0.25, -0.2) is 8.78 Å². The maximum absolute atomic E-state index is 14.0. The number of hydrogen-bond acceptors (Lipinski definition) is 4. The highest BCUT2D eigenvalue weighted by molar-refractivity contribution is 6.32. The lowest BCUT2D eigenvalue weighted by molar-refractivity contribution is -0.0238. The topological polar surface area (TPSA) is 56.1 Å². The zero-order valence-electron chi connectivity index (χ0n) is 16.0. The summed E-state index contributed by atoms with van der Waals surface area (Å²) in [5.74, 6) is -1.45. The molecule has 2 aromatic carbocycles. The first-order valence-corrected chi connectivity index (χ1v) is 10.1. The van der Waals surface area contributed by atoms with E-state index in [1.807, 2.05) is 30.3 Å². The maximum atomic E-state index is 14.0. The molecule has 0 radical (unpaired) electrons. The second kappa shape index (κ2) is 8.93. The molecular weight excluding hydrogens is 412 g/mol. The van der Waals surface area contributed by atoms with E-state index in [0.29, 0.717) is 24.9 Å². The number of hydrogen-bond donors (Lipinski definition) is 1. The molecular formula is C22H20ClF2N3O2. The van der Waals surface area contributed by atoms with Crippen molar-refractivity contribution >= 4 is 17.3 Å². The quantitative estimate of drug-likeness (QED) is 0.633. The molecule has 156 valence electrons. The highest BCUT2D eigenvalue weighted by atomic mass is 35.5. The Hall–Kier alpha value is -2.77. The van der Waals surface area contributed by atoms with Crippen molar-refractivity contribution in [3.05, 3.63) is 87.3 Å². The smallest absolute Gasteiger partial charge is 0.292 e. The summed E-state index contributed by atoms with van der Waals surface area (Å²) in [6.07, 6.45) is 3.24. The first kappa shape index (κ1) is 20.5. The van der Waals surface area contributed by atoms with Gasteiger partial charge >= 0.3 is 0 Å². The van der Waals surface area contributed by atoms with Crippen molar-refractivity contribution in [3.8, 4) is 5.69 Å². The van der Waals surface area contributed by atoms with Crippen molar-refractivity contribution in [2.75, 3.05) is 18.5 Å². The van der Waals surface area contributed by atoms with Crippen LogP contribution in [0.1, 0.15) is 24.5 Å². The summed E-state index contributed by atoms with van der Waals surface area (Å²) in [4.78, 5) is 12.6. The van der Waals surface area contributed by atoms with Crippen LogP contribution >= 0.6 is 11.6 Å². The fourth-order valence-electron chi connectivity index (χ4n) is 3.69. The largest absolute Gasteiger partial charge is 0.382 e. The summed E-state index contributed by atoms with van der Waals surface area (Å²) in [7, 11) is 0. The molecule has 0 aliphatic carbocycles. The van der Waals surface area contributed by atoms with Crippen LogP contribution in [0.5, 0.6) is 0 Å². The van der Waals surface area contributed by atoms with E-state index in [1.54, 1.807) is 0 Å². The summed E-state index contributed by atoms with van der Waals surface area (Å²) in [5.41, 5.74) is 0.611. The van der Waals surface area contributed by atoms with Crippen LogP contribution in [0, 0.1) is 17.6 Å². The third-order valence-electron chi connectivity index (χ3n) is 5.18. The first-order chi connectivity index (χ1) is 14.5. The molecule has 1 aliphatic rings. The van der Waals surface area contributed by atoms with Gasteiger partial charge in [0.2, 0.25) is 0 Å². The van der Waals surface area contributed by atoms with Crippen LogP contribution in [0.3, 0.4) is 0 Å². The molecule has 2 heterocycles. The van der Waals surface area contributed by atoms with Crippen molar-refractivity contribution in [1.29, 1.82) is 0 Å². The van der Waals surface area contributed by atoms with Gasteiger partial charge in [0, 0.05) is 25.1 Å². The number of nitrogens with one attached hydrogen (secondary N) is 1. The van der Waals surface area contributed by atoms with E-state index in [2.05, 4.69) is 10.4 Å². The Labute approximate surface area is 177 Å². The Bertz CT molecular complexity index is 1090. The molecule has 0 amide bonds. The molecule has 2 unspecified atom stereocenters. The van der Waals surface area contributed by atoms with Gasteiger partial charge in [-0.15, -0.1) is 0 Å². The van der Waals surface area contributed by atoms with Crippen LogP contribution in [-0.4, -0.2) is 22.9 Å². The molecule has 3 aromatic rings. The normalized spacial score (nSPS) is 18.9. The van der Waals surface area contributed by atoms with Crippen molar-refractivity contribution in [1.82, 2.24) is 9.78 Å². The van der Waals surface area contributed by atoms with Crippen LogP contribution in [-0.2, 0) is 4.74 Å². The fraction of sp³-hybridized carbons (Fsp3) is 0.273. The monoisotopic (exact) mass is 431 g/mol. The van der Waals surface area contributed by atoms with Gasteiger partial charge in [-0.05, 0) is 30.5 Å². The molecule has 1 aromatic heterocycles. The van der Waals surface area contributed by atoms with E-state index in [1.165, 1.54) is 6.20 Å². The van der Waals surface area contributed by atoms with Crippen LogP contribution in [0.25, 0.3) is 5.69 Å². The Morgan fingerprint density at radius 3 is 2.77 bits per heavy atom. The number of ether oxygens (including phenoxy) is 1. The van der Waals surface area contributed by atoms with E-state index in [-0.39, 0.29) is 22.7 Å². The van der Waals surface area contributed by atoms with Gasteiger partial charge in [0.15, 0.2) is 5.82 Å². The Morgan fingerprint density at radius 1 is 1.20 bits per heavy atom. The third kappa shape index (κ3) is 4.22. The second-order valence-electron chi connectivity index (χ2n) is 7.17. The maximum Gasteiger partial charge on any atom is 0.292 e. The molecule has 2 atom stereocenters. The highest BCUT2D eigenvalue weighted by Crippen LogP contribution is 2.34. The summed E-state index contributed by atoms with van der Waals surface area (Å²) >= 11 is 6.24. The Kier molecular flexibility index (Phi) is 6.11. The second-order valence-corrected chi connectivity index (χ2v) is 7.55. The van der Waals surface area contributed by atoms with Crippen molar-refractivity contribution < 1.29 is 13.5 Å². The number of aromatic nitrogens is 2. The summed E-state index contributed by atoms with van der Waals surface area (Å²) in [6, 6.07) is 12.9. The average molecular weight is 432 g/mol. The summed E-state index contributed by atoms with van der Waals surface area (Å²) in [6.45, 7) is 1.24. The zero-order valence-corrected chi connectivity index (χ0v) is 16.8. The van der Waals surface area contributed by atoms with Gasteiger partial charge in [-0.3, -0.25) is 4.79 Å². The van der Waals surface area contributed by atoms with Gasteiger partial charge in [-0.2, -0.15) is 9.78 Å². The number of benzene rings is 2. The van der Waals surface area contributed by atoms with Crippen molar-refractivity contribution in [2.45, 2.75) is 18.9 Å². The van der Waals surface area contributed by atoms with Crippen LogP contribution in [0.4, 0.5) is 14.5 Å². The lowest BCUT2D eigenvalue weighted by atomic mass is 9.89. The molecule has 1 saturated heterocycles. The molecule has 0 bridgehead atoms. The van der Waals surface area contributed by atoms with Gasteiger partial charge in [0.05, 0.1) is 18.0 Å². The van der Waals surface area contributed by atoms with Crippen LogP contribution in [0.2, 0.25) is 5.02 Å². The van der Waals surface area contributed by atoms with E-state index in [9.17, 15) is 13.6 Å². The number of anilines is 1. The number of rotatable bonds is 5. The molecule has 0 spiro atoms. The van der Waals surface area contributed by atoms with E-state index >= 15 is 0 Å². The minimum Gasteiger partial charge on any atom is -0.382 e. The van der Waals surface area contributed by atoms with Gasteiger partial charge in [-0.1, -0.05) is 41.9 Å². The predicted molar refractivity (Wildman–Crippen MR) is 111 cm³/mol. The molecule has 8 heteroatoms. The highest BCUT2D eigenvalue weighted by Gasteiger charge is 2.27. The SMILES string of the molecule is O=c1c(Cl)c(NCC2CCCOC2c2ccccc2)cnn1-c1ccc(F)cc1F. The van der Waals surface area contributed by atoms with Crippen molar-refractivity contribution in [3.63, 3.8) is 0 Å². The minimum absolute atomic E-state index is 0.0483. The average Bonchev–Trinajstić information content (AvgIpc) is 2.76. The summed E-state index contributed by atoms with van der Waals surface area (Å²) in [5, 5.41) is 7.08. The molecule has 1 N–H and O–H groups in total. The van der Waals surface area contributed by atoms with E-state index < -0.39 is 17.2 Å². The van der Waals surface area contributed by atoms with Gasteiger partial charge in [0.25, 0.3) is 5.56 Å². The molecule has 4 rings (SSSR count). The first-order valence-electron chi connectivity index (χ1n) is 9.68. The van der Waals surface area contributed by atoms with Gasteiger partial charge in [0.1, 0.15) is 16.5 Å². The van der Waals surface area contributed by atoms with Crippen LogP contribution < -0.4 is 10.9 Å². The molecule has 1 fully saturated rings. The van der Waals surface area contributed by atoms with Crippen LogP contribution in [0.15, 0.2) is 59.5 Å². The fourth-order valence-corrected chi connectivity index (χ4v) is 3.88. The van der Waals surface area contributed by atoms with E-state index in [4.69, 9.17) is 16.3 Å². The lowest BCUT2D eigenvalue weighted by Crippen LogP contribution is -2.29. The summed E-state index contributed by atoms with van der Waals surface area (Å²) < 4.78 is 34.0. The zero-order chi connectivity index (χ0) is 21.1. The minimum atomic E-state index is -0.897. The number of nitrogens with zero attached hydrogens (tertiary/aromatic N) is 2. The Balaban J connectivity index is 1.54. The molecule has 0 saturated carbocycles. The van der Waals surface area contributed by atoms with Crippen molar-refractivity contribution in [2.24, 2.45) is 5.92 Å². The Morgan fingerprint density at radius 2 is 2.00 bits per heavy atom. The third-order valence-corrected chi connectivity index (χ3v) is 5.55. The predicted octanol–water partition coefficient (Wildman–Crippen LogP) is 4.74. The molecule has 1 aliphatic heterocycles. The van der Waals surface area contributed by atoms with Gasteiger partial charge < -0.3 is 10.1 Å². The van der Waals surface area contributed by atoms with E-state index in [0.717, 1.165) is 35.2 Å². The molecule has 5 nitrogen and oxygen atoms in total. The number of halogens is 3. The standard InChI is InChI=1S/C22H20ClF2N3O2/c23-20-18(13-27-28(22(20)29)19-9-8-16(24)11-17(19)25)26-12-15-7-4-10-30-21(15)14-5-2-1-3-6-14/h1-3,5-6,8-9,11,13,15,21,26H,4,7,10,12H2. The molecule has 30 heavy (non-hydrogen) atoms. The lowest BCUT2D eigenvalue weighted by Gasteiger charge is -2.32.